The van der Waals surface area contributed by atoms with Crippen molar-refractivity contribution in [2.45, 2.75) is 24.2 Å². The van der Waals surface area contributed by atoms with Crippen LogP contribution in [0.2, 0.25) is 0 Å². The molecule has 1 aromatic heterocycles. The molecule has 0 fully saturated rings. The highest BCUT2D eigenvalue weighted by atomic mass is 32.2. The summed E-state index contributed by atoms with van der Waals surface area (Å²) in [6, 6.07) is 26.4. The summed E-state index contributed by atoms with van der Waals surface area (Å²) in [5.41, 5.74) is 3.14. The topological polar surface area (TPSA) is 86.2 Å². The third-order valence-electron chi connectivity index (χ3n) is 4.86. The third-order valence-corrected chi connectivity index (χ3v) is 5.82. The molecule has 0 aliphatic carbocycles. The average molecular weight is 419 g/mol. The second kappa shape index (κ2) is 8.65. The summed E-state index contributed by atoms with van der Waals surface area (Å²) < 4.78 is 30.4. The monoisotopic (exact) mass is 418 g/mol. The standard InChI is InChI=1S/C24H22N2O3S/c25-30(27,28)21-16-8-7-15-20(21)24-23(19-13-5-2-6-14-19)26-22(29-24)17-9-12-18-10-3-1-4-11-18/h1-8,10-11,13-16H,9,12,17H2,(H2,25,27,28). The van der Waals surface area contributed by atoms with Gasteiger partial charge >= 0.3 is 0 Å². The first-order valence-electron chi connectivity index (χ1n) is 9.73. The van der Waals surface area contributed by atoms with E-state index in [1.807, 2.05) is 48.5 Å². The van der Waals surface area contributed by atoms with E-state index >= 15 is 0 Å². The van der Waals surface area contributed by atoms with Crippen LogP contribution in [0.4, 0.5) is 0 Å². The molecule has 0 amide bonds. The maximum Gasteiger partial charge on any atom is 0.238 e. The maximum atomic E-state index is 12.1. The number of sulfonamides is 1. The van der Waals surface area contributed by atoms with E-state index in [4.69, 9.17) is 14.5 Å². The minimum Gasteiger partial charge on any atom is -0.440 e. The van der Waals surface area contributed by atoms with Gasteiger partial charge in [0, 0.05) is 17.5 Å². The molecule has 0 bridgehead atoms. The first kappa shape index (κ1) is 20.1. The number of rotatable bonds is 7. The smallest absolute Gasteiger partial charge is 0.238 e. The predicted octanol–water partition coefficient (Wildman–Crippen LogP) is 4.83. The average Bonchev–Trinajstić information content (AvgIpc) is 3.19. The number of nitrogens with two attached hydrogens (primary N) is 1. The van der Waals surface area contributed by atoms with Crippen LogP contribution in [0, 0.1) is 0 Å². The Kier molecular flexibility index (Phi) is 5.79. The molecule has 0 radical (unpaired) electrons. The van der Waals surface area contributed by atoms with Crippen molar-refractivity contribution in [3.8, 4) is 22.6 Å². The quantitative estimate of drug-likeness (QED) is 0.466. The zero-order chi connectivity index (χ0) is 21.0. The zero-order valence-corrected chi connectivity index (χ0v) is 17.2. The number of aryl methyl sites for hydroxylation is 2. The molecule has 1 heterocycles. The summed E-state index contributed by atoms with van der Waals surface area (Å²) in [5.74, 6) is 0.990. The fourth-order valence-electron chi connectivity index (χ4n) is 3.44. The maximum absolute atomic E-state index is 12.1. The molecule has 3 aromatic carbocycles. The lowest BCUT2D eigenvalue weighted by molar-refractivity contribution is 0.497. The van der Waals surface area contributed by atoms with E-state index in [0.717, 1.165) is 18.4 Å². The number of oxazole rings is 1. The fraction of sp³-hybridized carbons (Fsp3) is 0.125. The number of primary sulfonamides is 1. The Morgan fingerprint density at radius 3 is 2.13 bits per heavy atom. The van der Waals surface area contributed by atoms with Gasteiger partial charge in [-0.2, -0.15) is 0 Å². The number of aromatic nitrogens is 1. The van der Waals surface area contributed by atoms with Crippen LogP contribution in [-0.2, 0) is 22.9 Å². The molecule has 4 rings (SSSR count). The largest absolute Gasteiger partial charge is 0.440 e. The molecule has 152 valence electrons. The lowest BCUT2D eigenvalue weighted by Crippen LogP contribution is -2.13. The molecule has 5 nitrogen and oxygen atoms in total. The summed E-state index contributed by atoms with van der Waals surface area (Å²) in [6.45, 7) is 0. The zero-order valence-electron chi connectivity index (χ0n) is 16.4. The predicted molar refractivity (Wildman–Crippen MR) is 117 cm³/mol. The fourth-order valence-corrected chi connectivity index (χ4v) is 4.17. The molecule has 30 heavy (non-hydrogen) atoms. The van der Waals surface area contributed by atoms with E-state index in [0.29, 0.717) is 29.3 Å². The lowest BCUT2D eigenvalue weighted by Gasteiger charge is -2.06. The number of benzene rings is 3. The highest BCUT2D eigenvalue weighted by Crippen LogP contribution is 2.36. The summed E-state index contributed by atoms with van der Waals surface area (Å²) in [4.78, 5) is 4.73. The molecular weight excluding hydrogens is 396 g/mol. The Labute approximate surface area is 176 Å². The van der Waals surface area contributed by atoms with Crippen molar-refractivity contribution >= 4 is 10.0 Å². The van der Waals surface area contributed by atoms with Crippen molar-refractivity contribution in [3.63, 3.8) is 0 Å². The molecule has 4 aromatic rings. The van der Waals surface area contributed by atoms with Gasteiger partial charge in [0.05, 0.1) is 4.90 Å². The summed E-state index contributed by atoms with van der Waals surface area (Å²) in [7, 11) is -3.91. The van der Waals surface area contributed by atoms with Crippen LogP contribution in [0.3, 0.4) is 0 Å². The van der Waals surface area contributed by atoms with Crippen LogP contribution >= 0.6 is 0 Å². The van der Waals surface area contributed by atoms with Gasteiger partial charge in [0.2, 0.25) is 10.0 Å². The Morgan fingerprint density at radius 1 is 0.800 bits per heavy atom. The van der Waals surface area contributed by atoms with Crippen molar-refractivity contribution in [3.05, 3.63) is 96.4 Å². The van der Waals surface area contributed by atoms with Crippen LogP contribution in [0.1, 0.15) is 17.9 Å². The SMILES string of the molecule is NS(=O)(=O)c1ccccc1-c1oc(CCCc2ccccc2)nc1-c1ccccc1. The summed E-state index contributed by atoms with van der Waals surface area (Å²) >= 11 is 0. The van der Waals surface area contributed by atoms with Gasteiger partial charge in [0.1, 0.15) is 5.69 Å². The van der Waals surface area contributed by atoms with Crippen LogP contribution in [0.15, 0.2) is 94.2 Å². The van der Waals surface area contributed by atoms with Crippen molar-refractivity contribution < 1.29 is 12.8 Å². The Bertz CT molecular complexity index is 1230. The first-order valence-corrected chi connectivity index (χ1v) is 11.3. The van der Waals surface area contributed by atoms with Gasteiger partial charge in [-0.15, -0.1) is 0 Å². The highest BCUT2D eigenvalue weighted by molar-refractivity contribution is 7.89. The molecule has 0 aliphatic heterocycles. The molecule has 0 saturated heterocycles. The van der Waals surface area contributed by atoms with Crippen molar-refractivity contribution in [1.82, 2.24) is 4.98 Å². The molecule has 0 atom stereocenters. The van der Waals surface area contributed by atoms with E-state index in [9.17, 15) is 8.42 Å². The third kappa shape index (κ3) is 4.50. The lowest BCUT2D eigenvalue weighted by atomic mass is 10.1. The molecular formula is C24H22N2O3S. The minimum absolute atomic E-state index is 0.0224. The highest BCUT2D eigenvalue weighted by Gasteiger charge is 2.23. The van der Waals surface area contributed by atoms with Crippen molar-refractivity contribution in [1.29, 1.82) is 0 Å². The number of hydrogen-bond donors (Lipinski definition) is 1. The molecule has 0 unspecified atom stereocenters. The number of hydrogen-bond acceptors (Lipinski definition) is 4. The van der Waals surface area contributed by atoms with Crippen molar-refractivity contribution in [2.75, 3.05) is 0 Å². The Balaban J connectivity index is 1.71. The van der Waals surface area contributed by atoms with E-state index in [1.54, 1.807) is 18.2 Å². The molecule has 2 N–H and O–H groups in total. The van der Waals surface area contributed by atoms with Gasteiger partial charge in [-0.05, 0) is 30.5 Å². The second-order valence-corrected chi connectivity index (χ2v) is 8.56. The first-order chi connectivity index (χ1) is 14.5. The summed E-state index contributed by atoms with van der Waals surface area (Å²) in [5, 5.41) is 5.45. The molecule has 0 aliphatic rings. The van der Waals surface area contributed by atoms with Crippen LogP contribution < -0.4 is 5.14 Å². The molecule has 6 heteroatoms. The Morgan fingerprint density at radius 2 is 1.43 bits per heavy atom. The normalized spacial score (nSPS) is 11.5. The minimum atomic E-state index is -3.91. The Hall–Kier alpha value is -3.22. The van der Waals surface area contributed by atoms with Gasteiger partial charge in [0.15, 0.2) is 11.7 Å². The van der Waals surface area contributed by atoms with Crippen LogP contribution in [-0.4, -0.2) is 13.4 Å². The van der Waals surface area contributed by atoms with Crippen LogP contribution in [0.5, 0.6) is 0 Å². The van der Waals surface area contributed by atoms with Gasteiger partial charge in [0.25, 0.3) is 0 Å². The van der Waals surface area contributed by atoms with Gasteiger partial charge in [-0.25, -0.2) is 18.5 Å². The second-order valence-electron chi connectivity index (χ2n) is 7.03. The van der Waals surface area contributed by atoms with Gasteiger partial charge < -0.3 is 4.42 Å². The van der Waals surface area contributed by atoms with E-state index in [1.165, 1.54) is 11.6 Å². The van der Waals surface area contributed by atoms with Crippen LogP contribution in [0.25, 0.3) is 22.6 Å². The van der Waals surface area contributed by atoms with Gasteiger partial charge in [-0.1, -0.05) is 72.8 Å². The molecule has 0 spiro atoms. The molecule has 0 saturated carbocycles. The number of nitrogens with zero attached hydrogens (tertiary/aromatic N) is 1. The van der Waals surface area contributed by atoms with E-state index < -0.39 is 10.0 Å². The summed E-state index contributed by atoms with van der Waals surface area (Å²) in [6.07, 6.45) is 2.42. The van der Waals surface area contributed by atoms with Gasteiger partial charge in [-0.3, -0.25) is 0 Å². The van der Waals surface area contributed by atoms with E-state index in [-0.39, 0.29) is 4.90 Å². The van der Waals surface area contributed by atoms with E-state index in [2.05, 4.69) is 12.1 Å². The van der Waals surface area contributed by atoms with Crippen molar-refractivity contribution in [2.24, 2.45) is 5.14 Å².